The number of benzene rings is 2. The lowest BCUT2D eigenvalue weighted by atomic mass is 10.1. The molecular formula is C24H26N4O2. The first-order valence-electron chi connectivity index (χ1n) is 10.3. The molecule has 0 saturated carbocycles. The first-order valence-corrected chi connectivity index (χ1v) is 10.3. The molecule has 0 bridgehead atoms. The standard InChI is InChI=1S/C24H26N4O2/c1-30-21-9-5-6-19(18-21)10-11-23(29)28-16-14-27(15-17-28)22-12-13-25-24(26-22)20-7-3-2-4-8-20/h2-9,12-13,18H,10-11,14-17H2,1H3. The zero-order chi connectivity index (χ0) is 20.8. The number of aryl methyl sites for hydroxylation is 1. The number of hydrogen-bond donors (Lipinski definition) is 0. The highest BCUT2D eigenvalue weighted by Crippen LogP contribution is 2.20. The molecule has 1 saturated heterocycles. The molecule has 0 N–H and O–H groups in total. The number of ether oxygens (including phenoxy) is 1. The molecule has 0 aliphatic carbocycles. The van der Waals surface area contributed by atoms with E-state index in [1.54, 1.807) is 13.3 Å². The highest BCUT2D eigenvalue weighted by Gasteiger charge is 2.22. The molecule has 0 radical (unpaired) electrons. The van der Waals surface area contributed by atoms with Gasteiger partial charge in [0.05, 0.1) is 7.11 Å². The van der Waals surface area contributed by atoms with Gasteiger partial charge in [-0.05, 0) is 30.2 Å². The quantitative estimate of drug-likeness (QED) is 0.632. The normalized spacial score (nSPS) is 13.9. The molecule has 6 nitrogen and oxygen atoms in total. The number of rotatable bonds is 6. The molecule has 0 spiro atoms. The fourth-order valence-electron chi connectivity index (χ4n) is 3.67. The van der Waals surface area contributed by atoms with E-state index in [-0.39, 0.29) is 5.91 Å². The predicted octanol–water partition coefficient (Wildman–Crippen LogP) is 3.43. The fourth-order valence-corrected chi connectivity index (χ4v) is 3.67. The summed E-state index contributed by atoms with van der Waals surface area (Å²) in [6.07, 6.45) is 3.04. The predicted molar refractivity (Wildman–Crippen MR) is 118 cm³/mol. The summed E-state index contributed by atoms with van der Waals surface area (Å²) in [5, 5.41) is 0. The van der Waals surface area contributed by atoms with Crippen molar-refractivity contribution in [2.45, 2.75) is 12.8 Å². The van der Waals surface area contributed by atoms with Crippen LogP contribution in [0.25, 0.3) is 11.4 Å². The van der Waals surface area contributed by atoms with Gasteiger partial charge in [0.15, 0.2) is 5.82 Å². The fraction of sp³-hybridized carbons (Fsp3) is 0.292. The Bertz CT molecular complexity index is 985. The van der Waals surface area contributed by atoms with Crippen LogP contribution in [0.15, 0.2) is 66.9 Å². The van der Waals surface area contributed by atoms with Crippen LogP contribution in [-0.2, 0) is 11.2 Å². The van der Waals surface area contributed by atoms with Gasteiger partial charge in [0.2, 0.25) is 5.91 Å². The first-order chi connectivity index (χ1) is 14.7. The third kappa shape index (κ3) is 4.76. The Morgan fingerprint density at radius 2 is 1.80 bits per heavy atom. The van der Waals surface area contributed by atoms with E-state index in [9.17, 15) is 4.79 Å². The molecule has 2 heterocycles. The van der Waals surface area contributed by atoms with E-state index in [0.29, 0.717) is 19.5 Å². The van der Waals surface area contributed by atoms with Crippen molar-refractivity contribution in [1.82, 2.24) is 14.9 Å². The largest absolute Gasteiger partial charge is 0.497 e. The Labute approximate surface area is 177 Å². The van der Waals surface area contributed by atoms with Crippen LogP contribution in [0.4, 0.5) is 5.82 Å². The summed E-state index contributed by atoms with van der Waals surface area (Å²) in [4.78, 5) is 26.0. The van der Waals surface area contributed by atoms with Gasteiger partial charge < -0.3 is 14.5 Å². The van der Waals surface area contributed by atoms with Crippen LogP contribution in [-0.4, -0.2) is 54.1 Å². The molecule has 1 aliphatic rings. The average molecular weight is 402 g/mol. The first kappa shape index (κ1) is 19.9. The van der Waals surface area contributed by atoms with E-state index in [1.807, 2.05) is 65.6 Å². The molecule has 2 aromatic carbocycles. The second-order valence-corrected chi connectivity index (χ2v) is 7.32. The van der Waals surface area contributed by atoms with Crippen LogP contribution in [0.2, 0.25) is 0 Å². The lowest BCUT2D eigenvalue weighted by molar-refractivity contribution is -0.131. The Balaban J connectivity index is 1.32. The number of nitrogens with zero attached hydrogens (tertiary/aromatic N) is 4. The van der Waals surface area contributed by atoms with E-state index in [0.717, 1.165) is 48.0 Å². The summed E-state index contributed by atoms with van der Waals surface area (Å²) in [6.45, 7) is 2.97. The van der Waals surface area contributed by atoms with Gasteiger partial charge in [-0.2, -0.15) is 0 Å². The minimum atomic E-state index is 0.199. The Morgan fingerprint density at radius 3 is 2.57 bits per heavy atom. The number of carbonyl (C=O) groups is 1. The molecule has 3 aromatic rings. The summed E-state index contributed by atoms with van der Waals surface area (Å²) >= 11 is 0. The minimum absolute atomic E-state index is 0.199. The lowest BCUT2D eigenvalue weighted by Gasteiger charge is -2.35. The SMILES string of the molecule is COc1cccc(CCC(=O)N2CCN(c3ccnc(-c4ccccc4)n3)CC2)c1. The van der Waals surface area contributed by atoms with E-state index >= 15 is 0 Å². The van der Waals surface area contributed by atoms with Crippen molar-refractivity contribution in [1.29, 1.82) is 0 Å². The molecule has 1 aliphatic heterocycles. The van der Waals surface area contributed by atoms with Crippen LogP contribution >= 0.6 is 0 Å². The zero-order valence-corrected chi connectivity index (χ0v) is 17.2. The van der Waals surface area contributed by atoms with Gasteiger partial charge in [-0.25, -0.2) is 9.97 Å². The number of amides is 1. The van der Waals surface area contributed by atoms with E-state index in [2.05, 4.69) is 9.88 Å². The number of piperazine rings is 1. The van der Waals surface area contributed by atoms with Crippen LogP contribution in [0, 0.1) is 0 Å². The second-order valence-electron chi connectivity index (χ2n) is 7.32. The maximum Gasteiger partial charge on any atom is 0.223 e. The van der Waals surface area contributed by atoms with Crippen molar-refractivity contribution in [2.24, 2.45) is 0 Å². The van der Waals surface area contributed by atoms with Gasteiger partial charge in [-0.3, -0.25) is 4.79 Å². The molecule has 1 amide bonds. The minimum Gasteiger partial charge on any atom is -0.497 e. The second kappa shape index (κ2) is 9.39. The van der Waals surface area contributed by atoms with Crippen molar-refractivity contribution in [3.63, 3.8) is 0 Å². The van der Waals surface area contributed by atoms with E-state index < -0.39 is 0 Å². The summed E-state index contributed by atoms with van der Waals surface area (Å²) in [5.41, 5.74) is 2.13. The van der Waals surface area contributed by atoms with Gasteiger partial charge in [0, 0.05) is 44.4 Å². The number of methoxy groups -OCH3 is 1. The zero-order valence-electron chi connectivity index (χ0n) is 17.2. The van der Waals surface area contributed by atoms with Crippen molar-refractivity contribution in [2.75, 3.05) is 38.2 Å². The third-order valence-electron chi connectivity index (χ3n) is 5.39. The highest BCUT2D eigenvalue weighted by atomic mass is 16.5. The Hall–Kier alpha value is -3.41. The molecule has 1 aromatic heterocycles. The van der Waals surface area contributed by atoms with Crippen LogP contribution in [0.3, 0.4) is 0 Å². The monoisotopic (exact) mass is 402 g/mol. The maximum atomic E-state index is 12.7. The summed E-state index contributed by atoms with van der Waals surface area (Å²) in [5.74, 6) is 2.66. The molecule has 0 unspecified atom stereocenters. The summed E-state index contributed by atoms with van der Waals surface area (Å²) in [7, 11) is 1.66. The van der Waals surface area contributed by atoms with Gasteiger partial charge in [-0.15, -0.1) is 0 Å². The number of anilines is 1. The number of aromatic nitrogens is 2. The van der Waals surface area contributed by atoms with Gasteiger partial charge >= 0.3 is 0 Å². The number of hydrogen-bond acceptors (Lipinski definition) is 5. The smallest absolute Gasteiger partial charge is 0.223 e. The van der Waals surface area contributed by atoms with Crippen molar-refractivity contribution in [3.8, 4) is 17.1 Å². The van der Waals surface area contributed by atoms with Crippen LogP contribution in [0.1, 0.15) is 12.0 Å². The van der Waals surface area contributed by atoms with Crippen molar-refractivity contribution < 1.29 is 9.53 Å². The Kier molecular flexibility index (Phi) is 6.23. The molecule has 154 valence electrons. The molecule has 0 atom stereocenters. The molecule has 30 heavy (non-hydrogen) atoms. The summed E-state index contributed by atoms with van der Waals surface area (Å²) in [6, 6.07) is 19.8. The highest BCUT2D eigenvalue weighted by molar-refractivity contribution is 5.76. The van der Waals surface area contributed by atoms with E-state index in [1.165, 1.54) is 0 Å². The van der Waals surface area contributed by atoms with Crippen LogP contribution < -0.4 is 9.64 Å². The van der Waals surface area contributed by atoms with Crippen molar-refractivity contribution >= 4 is 11.7 Å². The Morgan fingerprint density at radius 1 is 1.00 bits per heavy atom. The van der Waals surface area contributed by atoms with Gasteiger partial charge in [0.1, 0.15) is 11.6 Å². The summed E-state index contributed by atoms with van der Waals surface area (Å²) < 4.78 is 5.26. The topological polar surface area (TPSA) is 58.6 Å². The third-order valence-corrected chi connectivity index (χ3v) is 5.39. The van der Waals surface area contributed by atoms with Crippen molar-refractivity contribution in [3.05, 3.63) is 72.4 Å². The van der Waals surface area contributed by atoms with E-state index in [4.69, 9.17) is 9.72 Å². The molecular weight excluding hydrogens is 376 g/mol. The average Bonchev–Trinajstić information content (AvgIpc) is 2.83. The van der Waals surface area contributed by atoms with Crippen LogP contribution in [0.5, 0.6) is 5.75 Å². The maximum absolute atomic E-state index is 12.7. The number of carbonyl (C=O) groups excluding carboxylic acids is 1. The molecule has 4 rings (SSSR count). The van der Waals surface area contributed by atoms with Gasteiger partial charge in [0.25, 0.3) is 0 Å². The van der Waals surface area contributed by atoms with Gasteiger partial charge in [-0.1, -0.05) is 42.5 Å². The lowest BCUT2D eigenvalue weighted by Crippen LogP contribution is -2.49. The molecule has 6 heteroatoms. The molecule has 1 fully saturated rings.